The zero-order valence-electron chi connectivity index (χ0n) is 21.1. The average molecular weight is 489 g/mol. The van der Waals surface area contributed by atoms with Crippen molar-refractivity contribution in [2.45, 2.75) is 78.3 Å². The fourth-order valence-electron chi connectivity index (χ4n) is 4.40. The fraction of sp³-hybridized carbons (Fsp3) is 0.600. The van der Waals surface area contributed by atoms with E-state index in [-0.39, 0.29) is 24.1 Å². The van der Waals surface area contributed by atoms with Crippen molar-refractivity contribution < 1.29 is 28.7 Å². The third kappa shape index (κ3) is 6.11. The molecule has 2 fully saturated rings. The van der Waals surface area contributed by atoms with Gasteiger partial charge in [0.15, 0.2) is 0 Å². The highest BCUT2D eigenvalue weighted by atomic mass is 16.7. The Bertz CT molecular complexity index is 989. The van der Waals surface area contributed by atoms with Gasteiger partial charge in [-0.15, -0.1) is 0 Å². The van der Waals surface area contributed by atoms with E-state index in [1.807, 2.05) is 27.7 Å². The first-order valence-corrected chi connectivity index (χ1v) is 12.0. The van der Waals surface area contributed by atoms with Gasteiger partial charge in [-0.1, -0.05) is 20.8 Å². The lowest BCUT2D eigenvalue weighted by Crippen LogP contribution is -2.58. The Balaban J connectivity index is 1.74. The first-order valence-electron chi connectivity index (χ1n) is 12.0. The number of esters is 1. The molecule has 4 N–H and O–H groups in total. The maximum Gasteiger partial charge on any atom is 0.310 e. The largest absolute Gasteiger partial charge is 0.433 e. The molecule has 10 nitrogen and oxygen atoms in total. The standard InChI is InChI=1S/C25H36N4O6/c1-6-34-24-17(13-19(30)35-24)27-22(32)18-8-7-11-29(18)23(33)20(25(3,4)5)28-21(31)15-9-10-16(26)14(2)12-15/h9-10,12,17-18,20,24H,6-8,11,13,26H2,1-5H3,(H,27,32)(H,28,31). The Morgan fingerprint density at radius 2 is 2.00 bits per heavy atom. The van der Waals surface area contributed by atoms with Crippen molar-refractivity contribution in [2.24, 2.45) is 5.41 Å². The minimum Gasteiger partial charge on any atom is -0.433 e. The van der Waals surface area contributed by atoms with E-state index in [1.54, 1.807) is 25.1 Å². The molecule has 3 amide bonds. The molecule has 4 atom stereocenters. The van der Waals surface area contributed by atoms with Crippen LogP contribution in [0, 0.1) is 12.3 Å². The predicted octanol–water partition coefficient (Wildman–Crippen LogP) is 1.51. The summed E-state index contributed by atoms with van der Waals surface area (Å²) in [5.41, 5.74) is 7.01. The minimum absolute atomic E-state index is 0.0127. The number of carbonyl (C=O) groups is 4. The second-order valence-electron chi connectivity index (χ2n) is 10.2. The smallest absolute Gasteiger partial charge is 0.310 e. The summed E-state index contributed by atoms with van der Waals surface area (Å²) in [6, 6.07) is 2.79. The van der Waals surface area contributed by atoms with Crippen molar-refractivity contribution in [3.63, 3.8) is 0 Å². The molecule has 2 aliphatic rings. The van der Waals surface area contributed by atoms with Crippen molar-refractivity contribution in [1.29, 1.82) is 0 Å². The van der Waals surface area contributed by atoms with E-state index in [9.17, 15) is 19.2 Å². The van der Waals surface area contributed by atoms with Crippen LogP contribution in [0.2, 0.25) is 0 Å². The van der Waals surface area contributed by atoms with Crippen LogP contribution in [-0.2, 0) is 23.9 Å². The van der Waals surface area contributed by atoms with Crippen molar-refractivity contribution >= 4 is 29.4 Å². The monoisotopic (exact) mass is 488 g/mol. The van der Waals surface area contributed by atoms with Crippen molar-refractivity contribution in [1.82, 2.24) is 15.5 Å². The molecule has 2 aliphatic heterocycles. The summed E-state index contributed by atoms with van der Waals surface area (Å²) < 4.78 is 10.5. The third-order valence-corrected chi connectivity index (χ3v) is 6.38. The van der Waals surface area contributed by atoms with E-state index in [2.05, 4.69) is 10.6 Å². The molecule has 3 rings (SSSR count). The van der Waals surface area contributed by atoms with Crippen LogP contribution < -0.4 is 16.4 Å². The van der Waals surface area contributed by atoms with E-state index in [4.69, 9.17) is 15.2 Å². The van der Waals surface area contributed by atoms with Gasteiger partial charge in [0.05, 0.1) is 6.42 Å². The third-order valence-electron chi connectivity index (χ3n) is 6.38. The summed E-state index contributed by atoms with van der Waals surface area (Å²) in [4.78, 5) is 53.0. The Hall–Kier alpha value is -3.14. The van der Waals surface area contributed by atoms with Gasteiger partial charge in [-0.2, -0.15) is 0 Å². The molecule has 2 saturated heterocycles. The molecular weight excluding hydrogens is 452 g/mol. The number of nitrogens with two attached hydrogens (primary N) is 1. The van der Waals surface area contributed by atoms with Gasteiger partial charge in [-0.05, 0) is 55.9 Å². The molecule has 2 heterocycles. The second-order valence-corrected chi connectivity index (χ2v) is 10.2. The SMILES string of the molecule is CCOC1OC(=O)CC1NC(=O)C1CCCN1C(=O)C(NC(=O)c1ccc(N)c(C)c1)C(C)(C)C. The van der Waals surface area contributed by atoms with Crippen LogP contribution in [-0.4, -0.2) is 66.2 Å². The molecule has 1 aromatic rings. The van der Waals surface area contributed by atoms with Crippen LogP contribution in [0.5, 0.6) is 0 Å². The number of benzene rings is 1. The maximum absolute atomic E-state index is 13.7. The van der Waals surface area contributed by atoms with Crippen molar-refractivity contribution in [2.75, 3.05) is 18.9 Å². The number of nitrogen functional groups attached to an aromatic ring is 1. The summed E-state index contributed by atoms with van der Waals surface area (Å²) in [5.74, 6) is -1.52. The van der Waals surface area contributed by atoms with Crippen LogP contribution in [0.25, 0.3) is 0 Å². The zero-order chi connectivity index (χ0) is 25.9. The minimum atomic E-state index is -0.853. The van der Waals surface area contributed by atoms with Crippen molar-refractivity contribution in [3.8, 4) is 0 Å². The number of nitrogens with zero attached hydrogens (tertiary/aromatic N) is 1. The molecule has 1 aromatic carbocycles. The topological polar surface area (TPSA) is 140 Å². The highest BCUT2D eigenvalue weighted by Crippen LogP contribution is 2.27. The van der Waals surface area contributed by atoms with Crippen LogP contribution >= 0.6 is 0 Å². The molecule has 35 heavy (non-hydrogen) atoms. The molecule has 0 radical (unpaired) electrons. The Morgan fingerprint density at radius 1 is 1.29 bits per heavy atom. The van der Waals surface area contributed by atoms with Gasteiger partial charge in [-0.25, -0.2) is 0 Å². The van der Waals surface area contributed by atoms with Crippen molar-refractivity contribution in [3.05, 3.63) is 29.3 Å². The number of ether oxygens (including phenoxy) is 2. The highest BCUT2D eigenvalue weighted by Gasteiger charge is 2.44. The molecule has 0 saturated carbocycles. The summed E-state index contributed by atoms with van der Waals surface area (Å²) in [5, 5.41) is 5.70. The van der Waals surface area contributed by atoms with Gasteiger partial charge in [-0.3, -0.25) is 19.2 Å². The number of nitrogens with one attached hydrogen (secondary N) is 2. The number of rotatable bonds is 7. The summed E-state index contributed by atoms with van der Waals surface area (Å²) >= 11 is 0. The molecule has 10 heteroatoms. The first kappa shape index (κ1) is 26.5. The fourth-order valence-corrected chi connectivity index (χ4v) is 4.40. The van der Waals surface area contributed by atoms with E-state index in [0.717, 1.165) is 5.56 Å². The van der Waals surface area contributed by atoms with E-state index in [1.165, 1.54) is 4.90 Å². The normalized spacial score (nSPS) is 23.1. The lowest BCUT2D eigenvalue weighted by molar-refractivity contribution is -0.164. The van der Waals surface area contributed by atoms with E-state index >= 15 is 0 Å². The number of anilines is 1. The lowest BCUT2D eigenvalue weighted by Gasteiger charge is -2.35. The van der Waals surface area contributed by atoms with Crippen LogP contribution in [0.3, 0.4) is 0 Å². The first-order chi connectivity index (χ1) is 16.4. The predicted molar refractivity (Wildman–Crippen MR) is 129 cm³/mol. The van der Waals surface area contributed by atoms with E-state index in [0.29, 0.717) is 37.2 Å². The lowest BCUT2D eigenvalue weighted by atomic mass is 9.85. The number of aryl methyl sites for hydroxylation is 1. The Labute approximate surface area is 205 Å². The van der Waals surface area contributed by atoms with Gasteiger partial charge in [0.2, 0.25) is 18.1 Å². The summed E-state index contributed by atoms with van der Waals surface area (Å²) in [6.07, 6.45) is 0.312. The maximum atomic E-state index is 13.7. The molecule has 4 unspecified atom stereocenters. The molecule has 0 bridgehead atoms. The summed E-state index contributed by atoms with van der Waals surface area (Å²) in [6.45, 7) is 9.91. The number of hydrogen-bond donors (Lipinski definition) is 3. The Kier molecular flexibility index (Phi) is 8.04. The number of likely N-dealkylation sites (tertiary alicyclic amines) is 1. The quantitative estimate of drug-likeness (QED) is 0.390. The van der Waals surface area contributed by atoms with Gasteiger partial charge >= 0.3 is 5.97 Å². The number of hydrogen-bond acceptors (Lipinski definition) is 7. The molecular formula is C25H36N4O6. The zero-order valence-corrected chi connectivity index (χ0v) is 21.1. The molecule has 0 spiro atoms. The molecule has 0 aromatic heterocycles. The van der Waals surface area contributed by atoms with Gasteiger partial charge in [0.1, 0.15) is 18.1 Å². The molecule has 192 valence electrons. The molecule has 0 aliphatic carbocycles. The van der Waals surface area contributed by atoms with E-state index < -0.39 is 35.8 Å². The van der Waals surface area contributed by atoms with Crippen LogP contribution in [0.1, 0.15) is 62.9 Å². The Morgan fingerprint density at radius 3 is 2.63 bits per heavy atom. The number of amides is 3. The average Bonchev–Trinajstić information content (AvgIpc) is 3.39. The highest BCUT2D eigenvalue weighted by molar-refractivity contribution is 5.99. The second kappa shape index (κ2) is 10.6. The van der Waals surface area contributed by atoms with Gasteiger partial charge in [0.25, 0.3) is 5.91 Å². The van der Waals surface area contributed by atoms with Crippen LogP contribution in [0.15, 0.2) is 18.2 Å². The summed E-state index contributed by atoms with van der Waals surface area (Å²) in [7, 11) is 0. The van der Waals surface area contributed by atoms with Crippen LogP contribution in [0.4, 0.5) is 5.69 Å². The van der Waals surface area contributed by atoms with Gasteiger partial charge in [0, 0.05) is 24.4 Å². The number of carbonyl (C=O) groups excluding carboxylic acids is 4. The van der Waals surface area contributed by atoms with Gasteiger partial charge < -0.3 is 30.7 Å². The number of cyclic esters (lactones) is 1.